The molecule has 1 amide bonds. The molecular formula is C11H13N7O. The number of hydrogen-bond donors (Lipinski definition) is 2. The number of hydrazine groups is 1. The lowest BCUT2D eigenvalue weighted by Gasteiger charge is -2.27. The molecule has 0 spiro atoms. The molecule has 0 unspecified atom stereocenters. The lowest BCUT2D eigenvalue weighted by atomic mass is 10.2. The van der Waals surface area contributed by atoms with E-state index in [1.54, 1.807) is 29.6 Å². The fraction of sp³-hybridized carbons (Fsp3) is 0.273. The van der Waals surface area contributed by atoms with Crippen LogP contribution in [0.15, 0.2) is 24.7 Å². The van der Waals surface area contributed by atoms with E-state index in [0.717, 1.165) is 5.82 Å². The Bertz CT molecular complexity index is 609. The summed E-state index contributed by atoms with van der Waals surface area (Å²) in [6.45, 7) is 1.81. The summed E-state index contributed by atoms with van der Waals surface area (Å²) in [4.78, 5) is 18.1. The van der Waals surface area contributed by atoms with Gasteiger partial charge in [-0.25, -0.2) is 10.8 Å². The van der Waals surface area contributed by atoms with E-state index in [9.17, 15) is 4.79 Å². The van der Waals surface area contributed by atoms with Crippen LogP contribution in [0, 0.1) is 0 Å². The van der Waals surface area contributed by atoms with Gasteiger partial charge < -0.3 is 14.9 Å². The Kier molecular flexibility index (Phi) is 2.84. The number of nitrogen functional groups attached to an aromatic ring is 1. The smallest absolute Gasteiger partial charge is 0.254 e. The van der Waals surface area contributed by atoms with Crippen molar-refractivity contribution >= 4 is 11.7 Å². The second-order valence-corrected chi connectivity index (χ2v) is 4.24. The quantitative estimate of drug-likeness (QED) is 0.563. The van der Waals surface area contributed by atoms with Crippen molar-refractivity contribution in [2.24, 2.45) is 5.84 Å². The molecule has 3 N–H and O–H groups in total. The standard InChI is InChI=1S/C11H13N7O/c12-15-9-5-8(1-2-13-9)11(19)17-3-4-18-7-14-16-10(18)6-17/h1-2,5,7H,3-4,6,12H2,(H,13,15). The van der Waals surface area contributed by atoms with Crippen LogP contribution in [0.2, 0.25) is 0 Å². The highest BCUT2D eigenvalue weighted by Crippen LogP contribution is 2.14. The average molecular weight is 259 g/mol. The molecule has 98 valence electrons. The van der Waals surface area contributed by atoms with Crippen molar-refractivity contribution in [1.82, 2.24) is 24.6 Å². The number of hydrogen-bond acceptors (Lipinski definition) is 6. The third kappa shape index (κ3) is 2.13. The van der Waals surface area contributed by atoms with E-state index in [4.69, 9.17) is 5.84 Å². The van der Waals surface area contributed by atoms with Crippen molar-refractivity contribution in [1.29, 1.82) is 0 Å². The number of aromatic nitrogens is 4. The van der Waals surface area contributed by atoms with Gasteiger partial charge in [-0.05, 0) is 12.1 Å². The molecule has 0 aromatic carbocycles. The Morgan fingerprint density at radius 1 is 1.42 bits per heavy atom. The lowest BCUT2D eigenvalue weighted by Crippen LogP contribution is -2.38. The molecule has 8 nitrogen and oxygen atoms in total. The van der Waals surface area contributed by atoms with Gasteiger partial charge in [0.25, 0.3) is 5.91 Å². The third-order valence-electron chi connectivity index (χ3n) is 3.08. The second-order valence-electron chi connectivity index (χ2n) is 4.24. The molecule has 0 bridgehead atoms. The van der Waals surface area contributed by atoms with E-state index in [1.165, 1.54) is 0 Å². The molecule has 3 rings (SSSR count). The van der Waals surface area contributed by atoms with E-state index in [-0.39, 0.29) is 5.91 Å². The molecule has 0 aliphatic carbocycles. The molecule has 0 saturated carbocycles. The van der Waals surface area contributed by atoms with Crippen molar-refractivity contribution in [3.05, 3.63) is 36.0 Å². The first-order chi connectivity index (χ1) is 9.28. The van der Waals surface area contributed by atoms with E-state index < -0.39 is 0 Å². The zero-order chi connectivity index (χ0) is 13.2. The maximum atomic E-state index is 12.4. The van der Waals surface area contributed by atoms with Gasteiger partial charge in [-0.15, -0.1) is 10.2 Å². The third-order valence-corrected chi connectivity index (χ3v) is 3.08. The number of nitrogens with one attached hydrogen (secondary N) is 1. The predicted molar refractivity (Wildman–Crippen MR) is 66.8 cm³/mol. The van der Waals surface area contributed by atoms with Crippen LogP contribution in [0.3, 0.4) is 0 Å². The van der Waals surface area contributed by atoms with Crippen LogP contribution in [0.25, 0.3) is 0 Å². The molecule has 2 aromatic heterocycles. The minimum Gasteiger partial charge on any atom is -0.329 e. The zero-order valence-electron chi connectivity index (χ0n) is 10.2. The first kappa shape index (κ1) is 11.6. The maximum absolute atomic E-state index is 12.4. The highest BCUT2D eigenvalue weighted by Gasteiger charge is 2.22. The number of carbonyl (C=O) groups excluding carboxylic acids is 1. The largest absolute Gasteiger partial charge is 0.329 e. The van der Waals surface area contributed by atoms with E-state index in [2.05, 4.69) is 20.6 Å². The molecule has 0 atom stereocenters. The molecule has 0 radical (unpaired) electrons. The van der Waals surface area contributed by atoms with Crippen LogP contribution in [0.1, 0.15) is 16.2 Å². The zero-order valence-corrected chi connectivity index (χ0v) is 10.2. The topological polar surface area (TPSA) is 102 Å². The van der Waals surface area contributed by atoms with E-state index in [1.807, 2.05) is 4.57 Å². The molecule has 3 heterocycles. The summed E-state index contributed by atoms with van der Waals surface area (Å²) in [6.07, 6.45) is 3.23. The number of fused-ring (bicyclic) bond motifs is 1. The molecule has 1 aliphatic heterocycles. The summed E-state index contributed by atoms with van der Waals surface area (Å²) < 4.78 is 1.95. The number of amides is 1. The molecule has 1 aliphatic rings. The lowest BCUT2D eigenvalue weighted by molar-refractivity contribution is 0.0707. The van der Waals surface area contributed by atoms with Crippen LogP contribution < -0.4 is 11.3 Å². The average Bonchev–Trinajstić information content (AvgIpc) is 2.94. The fourth-order valence-corrected chi connectivity index (χ4v) is 2.06. The molecule has 0 saturated heterocycles. The van der Waals surface area contributed by atoms with E-state index >= 15 is 0 Å². The second kappa shape index (κ2) is 4.65. The minimum absolute atomic E-state index is 0.0619. The highest BCUT2D eigenvalue weighted by atomic mass is 16.2. The van der Waals surface area contributed by atoms with Gasteiger partial charge >= 0.3 is 0 Å². The van der Waals surface area contributed by atoms with Gasteiger partial charge in [0.2, 0.25) is 0 Å². The SMILES string of the molecule is NNc1cc(C(=O)N2CCn3cnnc3C2)ccn1. The summed E-state index contributed by atoms with van der Waals surface area (Å²) in [5.41, 5.74) is 2.98. The van der Waals surface area contributed by atoms with Gasteiger partial charge in [0, 0.05) is 24.8 Å². The first-order valence-electron chi connectivity index (χ1n) is 5.86. The Balaban J connectivity index is 1.81. The van der Waals surface area contributed by atoms with Gasteiger partial charge in [0.1, 0.15) is 12.1 Å². The van der Waals surface area contributed by atoms with Crippen molar-refractivity contribution in [2.45, 2.75) is 13.1 Å². The summed E-state index contributed by atoms with van der Waals surface area (Å²) in [7, 11) is 0. The van der Waals surface area contributed by atoms with Gasteiger partial charge in [-0.3, -0.25) is 4.79 Å². The Morgan fingerprint density at radius 2 is 2.32 bits per heavy atom. The minimum atomic E-state index is -0.0619. The van der Waals surface area contributed by atoms with Gasteiger partial charge in [0.15, 0.2) is 5.82 Å². The number of pyridine rings is 1. The molecule has 0 fully saturated rings. The number of carbonyl (C=O) groups is 1. The van der Waals surface area contributed by atoms with Crippen molar-refractivity contribution in [3.8, 4) is 0 Å². The van der Waals surface area contributed by atoms with Gasteiger partial charge in [-0.1, -0.05) is 0 Å². The Morgan fingerprint density at radius 3 is 3.16 bits per heavy atom. The van der Waals surface area contributed by atoms with Crippen LogP contribution in [0.5, 0.6) is 0 Å². The van der Waals surface area contributed by atoms with Crippen LogP contribution in [-0.4, -0.2) is 37.1 Å². The van der Waals surface area contributed by atoms with Crippen LogP contribution >= 0.6 is 0 Å². The first-order valence-corrected chi connectivity index (χ1v) is 5.86. The number of anilines is 1. The molecule has 2 aromatic rings. The predicted octanol–water partition coefficient (Wildman–Crippen LogP) is -0.385. The summed E-state index contributed by atoms with van der Waals surface area (Å²) in [5.74, 6) is 6.49. The van der Waals surface area contributed by atoms with Crippen LogP contribution in [0.4, 0.5) is 5.82 Å². The highest BCUT2D eigenvalue weighted by molar-refractivity contribution is 5.94. The van der Waals surface area contributed by atoms with Crippen molar-refractivity contribution in [3.63, 3.8) is 0 Å². The number of nitrogens with zero attached hydrogens (tertiary/aromatic N) is 5. The van der Waals surface area contributed by atoms with Crippen molar-refractivity contribution < 1.29 is 4.79 Å². The fourth-order valence-electron chi connectivity index (χ4n) is 2.06. The normalized spacial score (nSPS) is 14.1. The van der Waals surface area contributed by atoms with E-state index in [0.29, 0.717) is 31.0 Å². The Labute approximate surface area is 109 Å². The van der Waals surface area contributed by atoms with Crippen LogP contribution in [-0.2, 0) is 13.1 Å². The van der Waals surface area contributed by atoms with Gasteiger partial charge in [-0.2, -0.15) is 0 Å². The molecular weight excluding hydrogens is 246 g/mol. The van der Waals surface area contributed by atoms with Gasteiger partial charge in [0.05, 0.1) is 6.54 Å². The summed E-state index contributed by atoms with van der Waals surface area (Å²) in [6, 6.07) is 3.30. The maximum Gasteiger partial charge on any atom is 0.254 e. The number of nitrogens with two attached hydrogens (primary N) is 1. The summed E-state index contributed by atoms with van der Waals surface area (Å²) in [5, 5.41) is 7.83. The Hall–Kier alpha value is -2.48. The molecule has 8 heteroatoms. The summed E-state index contributed by atoms with van der Waals surface area (Å²) >= 11 is 0. The van der Waals surface area contributed by atoms with Crippen molar-refractivity contribution in [2.75, 3.05) is 12.0 Å². The number of rotatable bonds is 2. The molecule has 19 heavy (non-hydrogen) atoms. The monoisotopic (exact) mass is 259 g/mol.